The van der Waals surface area contributed by atoms with E-state index < -0.39 is 0 Å². The average molecular weight is 356 g/mol. The molecular weight excluding hydrogens is 310 g/mol. The number of hydrogen-bond donors (Lipinski definition) is 3. The summed E-state index contributed by atoms with van der Waals surface area (Å²) in [6.07, 6.45) is 10.7. The molecule has 3 N–H and O–H groups in total. The van der Waals surface area contributed by atoms with E-state index in [2.05, 4.69) is 50.6 Å². The summed E-state index contributed by atoms with van der Waals surface area (Å²) in [6, 6.07) is 0.491. The van der Waals surface area contributed by atoms with Crippen LogP contribution in [-0.4, -0.2) is 31.7 Å². The molecule has 0 aromatic carbocycles. The van der Waals surface area contributed by atoms with E-state index in [1.807, 2.05) is 0 Å². The van der Waals surface area contributed by atoms with Gasteiger partial charge in [0.15, 0.2) is 0 Å². The first-order valence-corrected chi connectivity index (χ1v) is 10.9. The number of urea groups is 1. The molecule has 4 nitrogen and oxygen atoms in total. The van der Waals surface area contributed by atoms with Crippen LogP contribution < -0.4 is 16.0 Å². The molecule has 0 saturated carbocycles. The first-order chi connectivity index (χ1) is 12.1. The van der Waals surface area contributed by atoms with Gasteiger partial charge in [-0.2, -0.15) is 0 Å². The van der Waals surface area contributed by atoms with Crippen LogP contribution >= 0.6 is 0 Å². The van der Waals surface area contributed by atoms with Gasteiger partial charge in [-0.05, 0) is 37.6 Å². The van der Waals surface area contributed by atoms with Crippen LogP contribution in [0.5, 0.6) is 0 Å². The highest BCUT2D eigenvalue weighted by Crippen LogP contribution is 2.24. The molecule has 0 aromatic rings. The van der Waals surface area contributed by atoms with Crippen LogP contribution in [0, 0.1) is 11.8 Å². The maximum atomic E-state index is 12.0. The van der Waals surface area contributed by atoms with Crippen molar-refractivity contribution in [1.82, 2.24) is 16.0 Å². The summed E-state index contributed by atoms with van der Waals surface area (Å²) in [5, 5.41) is 9.91. The summed E-state index contributed by atoms with van der Waals surface area (Å²) in [5.41, 5.74) is 0. The van der Waals surface area contributed by atoms with Crippen molar-refractivity contribution in [1.29, 1.82) is 0 Å². The molecule has 0 spiro atoms. The summed E-state index contributed by atoms with van der Waals surface area (Å²) >= 11 is 0. The topological polar surface area (TPSA) is 53.2 Å². The number of unbranched alkanes of at least 4 members (excludes halogenated alkanes) is 3. The lowest BCUT2D eigenvalue weighted by Crippen LogP contribution is -2.48. The Morgan fingerprint density at radius 1 is 0.760 bits per heavy atom. The molecule has 0 aliphatic heterocycles. The minimum Gasteiger partial charge on any atom is -0.338 e. The van der Waals surface area contributed by atoms with Gasteiger partial charge >= 0.3 is 6.03 Å². The maximum Gasteiger partial charge on any atom is 0.314 e. The lowest BCUT2D eigenvalue weighted by Gasteiger charge is -2.34. The molecule has 0 aliphatic carbocycles. The predicted molar refractivity (Wildman–Crippen MR) is 110 cm³/mol. The van der Waals surface area contributed by atoms with E-state index >= 15 is 0 Å². The molecule has 0 heterocycles. The van der Waals surface area contributed by atoms with Gasteiger partial charge in [0.2, 0.25) is 0 Å². The van der Waals surface area contributed by atoms with Gasteiger partial charge in [-0.1, -0.05) is 73.1 Å². The fourth-order valence-electron chi connectivity index (χ4n) is 3.46. The van der Waals surface area contributed by atoms with E-state index in [0.29, 0.717) is 17.9 Å². The highest BCUT2D eigenvalue weighted by Gasteiger charge is 2.27. The van der Waals surface area contributed by atoms with Crippen molar-refractivity contribution < 1.29 is 4.79 Å². The lowest BCUT2D eigenvalue weighted by molar-refractivity contribution is 0.214. The van der Waals surface area contributed by atoms with Crippen molar-refractivity contribution in [3.8, 4) is 0 Å². The number of carbonyl (C=O) groups excluding carboxylic acids is 1. The Labute approximate surface area is 157 Å². The lowest BCUT2D eigenvalue weighted by atomic mass is 9.82. The highest BCUT2D eigenvalue weighted by molar-refractivity contribution is 5.73. The molecule has 3 atom stereocenters. The molecule has 0 aliphatic rings. The Kier molecular flexibility index (Phi) is 16.2. The zero-order valence-corrected chi connectivity index (χ0v) is 17.6. The van der Waals surface area contributed by atoms with Crippen LogP contribution in [0.3, 0.4) is 0 Å². The largest absolute Gasteiger partial charge is 0.338 e. The third-order valence-corrected chi connectivity index (χ3v) is 5.24. The smallest absolute Gasteiger partial charge is 0.314 e. The highest BCUT2D eigenvalue weighted by atomic mass is 16.2. The molecule has 0 radical (unpaired) electrons. The number of amides is 2. The SMILES string of the molecule is CCCCNC(=O)NCC(CC)C(NCCCC)C(CC)CCCC. The minimum absolute atomic E-state index is 0.0131. The Morgan fingerprint density at radius 3 is 1.92 bits per heavy atom. The van der Waals surface area contributed by atoms with E-state index in [1.54, 1.807) is 0 Å². The van der Waals surface area contributed by atoms with Crippen molar-refractivity contribution in [3.63, 3.8) is 0 Å². The van der Waals surface area contributed by atoms with Crippen molar-refractivity contribution in [2.75, 3.05) is 19.6 Å². The number of nitrogens with one attached hydrogen (secondary N) is 3. The standard InChI is InChI=1S/C21H45N3O/c1-6-11-14-18(9-4)20(22-15-12-7-2)19(10-5)17-24-21(25)23-16-13-8-3/h18-20,22H,6-17H2,1-5H3,(H2,23,24,25). The molecule has 0 bridgehead atoms. The summed E-state index contributed by atoms with van der Waals surface area (Å²) < 4.78 is 0. The zero-order valence-electron chi connectivity index (χ0n) is 17.6. The fraction of sp³-hybridized carbons (Fsp3) is 0.952. The second-order valence-corrected chi connectivity index (χ2v) is 7.30. The summed E-state index contributed by atoms with van der Waals surface area (Å²) in [4.78, 5) is 12.0. The van der Waals surface area contributed by atoms with E-state index in [9.17, 15) is 4.79 Å². The van der Waals surface area contributed by atoms with E-state index in [4.69, 9.17) is 0 Å². The molecule has 0 rings (SSSR count). The molecule has 2 amide bonds. The minimum atomic E-state index is -0.0131. The van der Waals surface area contributed by atoms with E-state index in [1.165, 1.54) is 38.5 Å². The Bertz CT molecular complexity index is 310. The predicted octanol–water partition coefficient (Wildman–Crippen LogP) is 5.09. The molecule has 0 saturated heterocycles. The molecule has 25 heavy (non-hydrogen) atoms. The fourth-order valence-corrected chi connectivity index (χ4v) is 3.46. The zero-order chi connectivity index (χ0) is 18.9. The quantitative estimate of drug-likeness (QED) is 0.338. The molecule has 0 fully saturated rings. The normalized spacial score (nSPS) is 14.8. The van der Waals surface area contributed by atoms with Crippen LogP contribution in [0.15, 0.2) is 0 Å². The third kappa shape index (κ3) is 11.5. The van der Waals surface area contributed by atoms with Crippen LogP contribution in [0.4, 0.5) is 4.79 Å². The van der Waals surface area contributed by atoms with Crippen LogP contribution in [0.25, 0.3) is 0 Å². The number of rotatable bonds is 16. The van der Waals surface area contributed by atoms with Gasteiger partial charge in [0.25, 0.3) is 0 Å². The first kappa shape index (κ1) is 24.2. The maximum absolute atomic E-state index is 12.0. The van der Waals surface area contributed by atoms with Gasteiger partial charge in [0.05, 0.1) is 0 Å². The Hall–Kier alpha value is -0.770. The summed E-state index contributed by atoms with van der Waals surface area (Å²) in [6.45, 7) is 13.8. The molecule has 4 heteroatoms. The van der Waals surface area contributed by atoms with Crippen LogP contribution in [-0.2, 0) is 0 Å². The molecular formula is C21H45N3O. The second-order valence-electron chi connectivity index (χ2n) is 7.30. The number of hydrogen-bond acceptors (Lipinski definition) is 2. The molecule has 150 valence electrons. The van der Waals surface area contributed by atoms with Gasteiger partial charge < -0.3 is 16.0 Å². The van der Waals surface area contributed by atoms with Gasteiger partial charge in [0, 0.05) is 19.1 Å². The van der Waals surface area contributed by atoms with E-state index in [0.717, 1.165) is 38.9 Å². The molecule has 3 unspecified atom stereocenters. The summed E-state index contributed by atoms with van der Waals surface area (Å²) in [7, 11) is 0. The Morgan fingerprint density at radius 2 is 1.36 bits per heavy atom. The van der Waals surface area contributed by atoms with Gasteiger partial charge in [0.1, 0.15) is 0 Å². The second kappa shape index (κ2) is 16.7. The van der Waals surface area contributed by atoms with Gasteiger partial charge in [-0.3, -0.25) is 0 Å². The van der Waals surface area contributed by atoms with E-state index in [-0.39, 0.29) is 6.03 Å². The summed E-state index contributed by atoms with van der Waals surface area (Å²) in [5.74, 6) is 1.20. The van der Waals surface area contributed by atoms with Crippen molar-refractivity contribution in [3.05, 3.63) is 0 Å². The third-order valence-electron chi connectivity index (χ3n) is 5.24. The monoisotopic (exact) mass is 355 g/mol. The Balaban J connectivity index is 4.68. The van der Waals surface area contributed by atoms with Gasteiger partial charge in [-0.25, -0.2) is 4.79 Å². The van der Waals surface area contributed by atoms with Crippen molar-refractivity contribution in [2.24, 2.45) is 11.8 Å². The number of carbonyl (C=O) groups is 1. The molecule has 0 aromatic heterocycles. The van der Waals surface area contributed by atoms with Crippen molar-refractivity contribution in [2.45, 2.75) is 98.4 Å². The first-order valence-electron chi connectivity index (χ1n) is 10.9. The van der Waals surface area contributed by atoms with Gasteiger partial charge in [-0.15, -0.1) is 0 Å². The van der Waals surface area contributed by atoms with Crippen LogP contribution in [0.1, 0.15) is 92.4 Å². The van der Waals surface area contributed by atoms with Crippen LogP contribution in [0.2, 0.25) is 0 Å². The average Bonchev–Trinajstić information content (AvgIpc) is 2.62. The van der Waals surface area contributed by atoms with Crippen molar-refractivity contribution >= 4 is 6.03 Å².